The molecular formula is C13H21NO. The molecule has 0 atom stereocenters. The van der Waals surface area contributed by atoms with E-state index < -0.39 is 0 Å². The second kappa shape index (κ2) is 7.43. The number of benzene rings is 1. The fourth-order valence-corrected chi connectivity index (χ4v) is 1.51. The van der Waals surface area contributed by atoms with Gasteiger partial charge in [0.15, 0.2) is 0 Å². The summed E-state index contributed by atoms with van der Waals surface area (Å²) in [6, 6.07) is 8.67. The van der Waals surface area contributed by atoms with Crippen molar-refractivity contribution in [1.29, 1.82) is 0 Å². The zero-order valence-electron chi connectivity index (χ0n) is 9.75. The Kier molecular flexibility index (Phi) is 6.05. The lowest BCUT2D eigenvalue weighted by atomic mass is 10.1. The molecule has 0 fully saturated rings. The van der Waals surface area contributed by atoms with Crippen molar-refractivity contribution in [3.05, 3.63) is 35.4 Å². The Morgan fingerprint density at radius 2 is 2.13 bits per heavy atom. The van der Waals surface area contributed by atoms with E-state index in [9.17, 15) is 0 Å². The number of hydrogen-bond donors (Lipinski definition) is 1. The summed E-state index contributed by atoms with van der Waals surface area (Å²) in [4.78, 5) is 0. The van der Waals surface area contributed by atoms with Crippen LogP contribution in [0.15, 0.2) is 24.3 Å². The summed E-state index contributed by atoms with van der Waals surface area (Å²) in [6.07, 6.45) is 1.09. The van der Waals surface area contributed by atoms with Gasteiger partial charge in [-0.1, -0.05) is 29.8 Å². The summed E-state index contributed by atoms with van der Waals surface area (Å²) in [6.45, 7) is 7.73. The summed E-state index contributed by atoms with van der Waals surface area (Å²) < 4.78 is 5.24. The van der Waals surface area contributed by atoms with Gasteiger partial charge in [-0.2, -0.15) is 0 Å². The zero-order valence-corrected chi connectivity index (χ0v) is 9.75. The monoisotopic (exact) mass is 207 g/mol. The van der Waals surface area contributed by atoms with Crippen molar-refractivity contribution in [3.8, 4) is 0 Å². The topological polar surface area (TPSA) is 21.3 Å². The van der Waals surface area contributed by atoms with E-state index in [0.717, 1.165) is 32.7 Å². The SMILES string of the molecule is CCOCCNCCc1cccc(C)c1. The molecule has 1 aromatic carbocycles. The highest BCUT2D eigenvalue weighted by atomic mass is 16.5. The Labute approximate surface area is 92.6 Å². The smallest absolute Gasteiger partial charge is 0.0590 e. The van der Waals surface area contributed by atoms with Gasteiger partial charge in [0.1, 0.15) is 0 Å². The van der Waals surface area contributed by atoms with Gasteiger partial charge >= 0.3 is 0 Å². The first kappa shape index (κ1) is 12.2. The molecule has 2 heteroatoms. The van der Waals surface area contributed by atoms with Gasteiger partial charge in [-0.25, -0.2) is 0 Å². The first-order chi connectivity index (χ1) is 7.33. The molecule has 1 rings (SSSR count). The first-order valence-corrected chi connectivity index (χ1v) is 5.67. The van der Waals surface area contributed by atoms with E-state index in [1.807, 2.05) is 6.92 Å². The van der Waals surface area contributed by atoms with Crippen molar-refractivity contribution in [2.75, 3.05) is 26.3 Å². The minimum absolute atomic E-state index is 0.805. The molecule has 0 aliphatic rings. The molecule has 84 valence electrons. The summed E-state index contributed by atoms with van der Waals surface area (Å²) in [5.41, 5.74) is 2.74. The molecule has 0 radical (unpaired) electrons. The maximum absolute atomic E-state index is 5.24. The summed E-state index contributed by atoms with van der Waals surface area (Å²) >= 11 is 0. The van der Waals surface area contributed by atoms with Gasteiger partial charge in [-0.15, -0.1) is 0 Å². The normalized spacial score (nSPS) is 10.5. The van der Waals surface area contributed by atoms with Gasteiger partial charge in [0.25, 0.3) is 0 Å². The fraction of sp³-hybridized carbons (Fsp3) is 0.538. The third kappa shape index (κ3) is 5.55. The Hall–Kier alpha value is -0.860. The molecule has 0 saturated carbocycles. The fourth-order valence-electron chi connectivity index (χ4n) is 1.51. The zero-order chi connectivity index (χ0) is 10.9. The minimum Gasteiger partial charge on any atom is -0.380 e. The molecular weight excluding hydrogens is 186 g/mol. The maximum atomic E-state index is 5.24. The predicted octanol–water partition coefficient (Wildman–Crippen LogP) is 2.16. The second-order valence-corrected chi connectivity index (χ2v) is 3.69. The molecule has 2 nitrogen and oxygen atoms in total. The van der Waals surface area contributed by atoms with Crippen LogP contribution < -0.4 is 5.32 Å². The van der Waals surface area contributed by atoms with Crippen molar-refractivity contribution in [1.82, 2.24) is 5.32 Å². The predicted molar refractivity (Wildman–Crippen MR) is 64.2 cm³/mol. The van der Waals surface area contributed by atoms with Crippen LogP contribution in [-0.4, -0.2) is 26.3 Å². The van der Waals surface area contributed by atoms with Crippen LogP contribution in [0.1, 0.15) is 18.1 Å². The molecule has 0 aliphatic carbocycles. The molecule has 0 spiro atoms. The summed E-state index contributed by atoms with van der Waals surface area (Å²) in [5, 5.41) is 3.36. The van der Waals surface area contributed by atoms with E-state index in [2.05, 4.69) is 36.5 Å². The number of ether oxygens (including phenoxy) is 1. The van der Waals surface area contributed by atoms with Gasteiger partial charge in [0.05, 0.1) is 6.61 Å². The van der Waals surface area contributed by atoms with Gasteiger partial charge in [0.2, 0.25) is 0 Å². The summed E-state index contributed by atoms with van der Waals surface area (Å²) in [5.74, 6) is 0. The van der Waals surface area contributed by atoms with Gasteiger partial charge in [-0.3, -0.25) is 0 Å². The van der Waals surface area contributed by atoms with Crippen LogP contribution in [0.3, 0.4) is 0 Å². The van der Waals surface area contributed by atoms with E-state index >= 15 is 0 Å². The lowest BCUT2D eigenvalue weighted by molar-refractivity contribution is 0.149. The largest absolute Gasteiger partial charge is 0.380 e. The van der Waals surface area contributed by atoms with E-state index in [-0.39, 0.29) is 0 Å². The minimum atomic E-state index is 0.805. The number of nitrogens with one attached hydrogen (secondary N) is 1. The molecule has 0 aliphatic heterocycles. The molecule has 0 saturated heterocycles. The van der Waals surface area contributed by atoms with Crippen molar-refractivity contribution in [2.24, 2.45) is 0 Å². The average Bonchev–Trinajstić information content (AvgIpc) is 2.23. The van der Waals surface area contributed by atoms with E-state index in [1.165, 1.54) is 11.1 Å². The molecule has 0 unspecified atom stereocenters. The first-order valence-electron chi connectivity index (χ1n) is 5.67. The van der Waals surface area contributed by atoms with E-state index in [1.54, 1.807) is 0 Å². The van der Waals surface area contributed by atoms with Crippen LogP contribution in [0.5, 0.6) is 0 Å². The molecule has 15 heavy (non-hydrogen) atoms. The highest BCUT2D eigenvalue weighted by Gasteiger charge is 1.93. The molecule has 0 amide bonds. The quantitative estimate of drug-likeness (QED) is 0.692. The van der Waals surface area contributed by atoms with Gasteiger partial charge in [-0.05, 0) is 32.4 Å². The Morgan fingerprint density at radius 1 is 1.27 bits per heavy atom. The molecule has 0 aromatic heterocycles. The van der Waals surface area contributed by atoms with Gasteiger partial charge < -0.3 is 10.1 Å². The molecule has 0 heterocycles. The van der Waals surface area contributed by atoms with Crippen LogP contribution >= 0.6 is 0 Å². The van der Waals surface area contributed by atoms with Crippen molar-refractivity contribution >= 4 is 0 Å². The number of hydrogen-bond acceptors (Lipinski definition) is 2. The van der Waals surface area contributed by atoms with Crippen LogP contribution in [0, 0.1) is 6.92 Å². The molecule has 1 aromatic rings. The molecule has 1 N–H and O–H groups in total. The lowest BCUT2D eigenvalue weighted by Gasteiger charge is -2.05. The van der Waals surface area contributed by atoms with Crippen LogP contribution in [-0.2, 0) is 11.2 Å². The van der Waals surface area contributed by atoms with Crippen LogP contribution in [0.25, 0.3) is 0 Å². The van der Waals surface area contributed by atoms with E-state index in [4.69, 9.17) is 4.74 Å². The standard InChI is InChI=1S/C13H21NO/c1-3-15-10-9-14-8-7-13-6-4-5-12(2)11-13/h4-6,11,14H,3,7-10H2,1-2H3. The highest BCUT2D eigenvalue weighted by molar-refractivity contribution is 5.22. The number of aryl methyl sites for hydroxylation is 1. The Bertz CT molecular complexity index is 273. The summed E-state index contributed by atoms with van der Waals surface area (Å²) in [7, 11) is 0. The van der Waals surface area contributed by atoms with Crippen LogP contribution in [0.4, 0.5) is 0 Å². The third-order valence-electron chi connectivity index (χ3n) is 2.30. The van der Waals surface area contributed by atoms with Crippen LogP contribution in [0.2, 0.25) is 0 Å². The van der Waals surface area contributed by atoms with Crippen molar-refractivity contribution in [3.63, 3.8) is 0 Å². The third-order valence-corrected chi connectivity index (χ3v) is 2.30. The van der Waals surface area contributed by atoms with Gasteiger partial charge in [0, 0.05) is 13.2 Å². The average molecular weight is 207 g/mol. The van der Waals surface area contributed by atoms with Crippen molar-refractivity contribution < 1.29 is 4.74 Å². The molecule has 0 bridgehead atoms. The highest BCUT2D eigenvalue weighted by Crippen LogP contribution is 2.03. The van der Waals surface area contributed by atoms with Crippen molar-refractivity contribution in [2.45, 2.75) is 20.3 Å². The second-order valence-electron chi connectivity index (χ2n) is 3.69. The lowest BCUT2D eigenvalue weighted by Crippen LogP contribution is -2.22. The van der Waals surface area contributed by atoms with E-state index in [0.29, 0.717) is 0 Å². The number of rotatable bonds is 7. The Balaban J connectivity index is 2.10. The Morgan fingerprint density at radius 3 is 2.87 bits per heavy atom. The maximum Gasteiger partial charge on any atom is 0.0590 e.